The highest BCUT2D eigenvalue weighted by atomic mass is 35.5. The zero-order valence-corrected chi connectivity index (χ0v) is 21.1. The van der Waals surface area contributed by atoms with Gasteiger partial charge in [0.25, 0.3) is 0 Å². The number of aryl methyl sites for hydroxylation is 1. The minimum absolute atomic E-state index is 0.0320. The average molecular weight is 485 g/mol. The van der Waals surface area contributed by atoms with Crippen molar-refractivity contribution in [2.24, 2.45) is 11.8 Å². The molecule has 0 atom stereocenters. The van der Waals surface area contributed by atoms with Crippen molar-refractivity contribution < 1.29 is 19.4 Å². The van der Waals surface area contributed by atoms with Gasteiger partial charge in [-0.2, -0.15) is 0 Å². The number of carbonyl (C=O) groups excluding carboxylic acids is 2. The van der Waals surface area contributed by atoms with Gasteiger partial charge < -0.3 is 14.4 Å². The van der Waals surface area contributed by atoms with E-state index < -0.39 is 5.60 Å². The number of rotatable bonds is 7. The number of carbonyl (C=O) groups is 2. The lowest BCUT2D eigenvalue weighted by Crippen LogP contribution is -2.23. The Hall–Kier alpha value is -2.62. The van der Waals surface area contributed by atoms with E-state index in [0.717, 1.165) is 43.2 Å². The summed E-state index contributed by atoms with van der Waals surface area (Å²) in [4.78, 5) is 29.5. The van der Waals surface area contributed by atoms with Crippen molar-refractivity contribution in [3.05, 3.63) is 52.1 Å². The van der Waals surface area contributed by atoms with Gasteiger partial charge in [0.15, 0.2) is 5.78 Å². The van der Waals surface area contributed by atoms with Crippen molar-refractivity contribution in [2.75, 3.05) is 7.11 Å². The lowest BCUT2D eigenvalue weighted by molar-refractivity contribution is -0.146. The Morgan fingerprint density at radius 1 is 1.21 bits per heavy atom. The molecule has 0 saturated heterocycles. The van der Waals surface area contributed by atoms with Crippen LogP contribution in [0.25, 0.3) is 0 Å². The Morgan fingerprint density at radius 3 is 2.44 bits per heavy atom. The Bertz CT molecular complexity index is 1080. The molecule has 1 saturated carbocycles. The molecule has 0 unspecified atom stereocenters. The van der Waals surface area contributed by atoms with E-state index in [-0.39, 0.29) is 23.0 Å². The zero-order valence-electron chi connectivity index (χ0n) is 20.4. The van der Waals surface area contributed by atoms with Gasteiger partial charge in [0, 0.05) is 6.42 Å². The zero-order chi connectivity index (χ0) is 24.9. The van der Waals surface area contributed by atoms with Crippen molar-refractivity contribution in [1.29, 1.82) is 0 Å². The number of ketones is 1. The molecular weight excluding hydrogens is 452 g/mol. The Kier molecular flexibility index (Phi) is 8.57. The van der Waals surface area contributed by atoms with Crippen LogP contribution in [-0.2, 0) is 16.1 Å². The summed E-state index contributed by atoms with van der Waals surface area (Å²) < 4.78 is 6.57. The molecule has 1 aliphatic carbocycles. The lowest BCUT2D eigenvalue weighted by atomic mass is 9.79. The van der Waals surface area contributed by atoms with Gasteiger partial charge in [0.05, 0.1) is 19.6 Å². The molecule has 1 aliphatic rings. The molecular formula is C27H33ClN2O4. The monoisotopic (exact) mass is 484 g/mol. The average Bonchev–Trinajstić information content (AvgIpc) is 3.12. The van der Waals surface area contributed by atoms with Crippen LogP contribution in [0, 0.1) is 30.6 Å². The Morgan fingerprint density at radius 2 is 1.85 bits per heavy atom. The Labute approximate surface area is 206 Å². The fraction of sp³-hybridized carbons (Fsp3) is 0.519. The van der Waals surface area contributed by atoms with E-state index in [4.69, 9.17) is 16.3 Å². The fourth-order valence-electron chi connectivity index (χ4n) is 4.34. The van der Waals surface area contributed by atoms with Crippen molar-refractivity contribution in [3.63, 3.8) is 0 Å². The number of imidazole rings is 1. The van der Waals surface area contributed by atoms with E-state index in [9.17, 15) is 14.7 Å². The second-order valence-electron chi connectivity index (χ2n) is 9.66. The minimum Gasteiger partial charge on any atom is -0.469 e. The van der Waals surface area contributed by atoms with Crippen LogP contribution in [0.4, 0.5) is 0 Å². The number of ether oxygens (including phenoxy) is 1. The first-order valence-corrected chi connectivity index (χ1v) is 12.1. The van der Waals surface area contributed by atoms with Crippen LogP contribution in [0.1, 0.15) is 79.7 Å². The molecule has 2 aromatic rings. The maximum absolute atomic E-state index is 13.4. The van der Waals surface area contributed by atoms with E-state index in [0.29, 0.717) is 30.3 Å². The number of Topliss-reactive ketones (excluding diaryl/α,β-unsaturated/α-hetero) is 1. The van der Waals surface area contributed by atoms with E-state index in [1.165, 1.54) is 7.11 Å². The number of hydrogen-bond acceptors (Lipinski definition) is 5. The van der Waals surface area contributed by atoms with Gasteiger partial charge in [-0.05, 0) is 81.9 Å². The normalized spacial score (nSPS) is 18.2. The SMILES string of the molecule is COC(=O)C1CCC(CCC(=O)c2c(C#CC(C)(C)O)nc(Cl)n2Cc2ccc(C)cc2)CC1. The molecule has 34 heavy (non-hydrogen) atoms. The molecule has 1 aromatic carbocycles. The van der Waals surface area contributed by atoms with Crippen molar-refractivity contribution in [2.45, 2.75) is 71.4 Å². The third kappa shape index (κ3) is 6.94. The minimum atomic E-state index is -1.22. The van der Waals surface area contributed by atoms with Crippen LogP contribution in [-0.4, -0.2) is 39.1 Å². The summed E-state index contributed by atoms with van der Waals surface area (Å²) in [6, 6.07) is 8.03. The summed E-state index contributed by atoms with van der Waals surface area (Å²) in [5.41, 5.74) is 1.60. The molecule has 1 aromatic heterocycles. The van der Waals surface area contributed by atoms with Gasteiger partial charge in [-0.15, -0.1) is 0 Å². The number of hydrogen-bond donors (Lipinski definition) is 1. The molecule has 1 N–H and O–H groups in total. The number of aliphatic hydroxyl groups is 1. The van der Waals surface area contributed by atoms with Crippen LogP contribution in [0.2, 0.25) is 5.28 Å². The predicted molar refractivity (Wildman–Crippen MR) is 132 cm³/mol. The number of nitrogens with zero attached hydrogens (tertiary/aromatic N) is 2. The van der Waals surface area contributed by atoms with Crippen LogP contribution in [0.3, 0.4) is 0 Å². The largest absolute Gasteiger partial charge is 0.469 e. The lowest BCUT2D eigenvalue weighted by Gasteiger charge is -2.26. The molecule has 7 heteroatoms. The molecule has 0 amide bonds. The first-order valence-electron chi connectivity index (χ1n) is 11.8. The smallest absolute Gasteiger partial charge is 0.308 e. The predicted octanol–water partition coefficient (Wildman–Crippen LogP) is 4.96. The summed E-state index contributed by atoms with van der Waals surface area (Å²) in [6.45, 7) is 5.58. The van der Waals surface area contributed by atoms with Gasteiger partial charge >= 0.3 is 5.97 Å². The van der Waals surface area contributed by atoms with Gasteiger partial charge in [0.1, 0.15) is 17.0 Å². The molecule has 0 bridgehead atoms. The van der Waals surface area contributed by atoms with Gasteiger partial charge in [-0.3, -0.25) is 9.59 Å². The quantitative estimate of drug-likeness (QED) is 0.341. The van der Waals surface area contributed by atoms with E-state index in [2.05, 4.69) is 16.8 Å². The first kappa shape index (κ1) is 26.0. The van der Waals surface area contributed by atoms with Crippen molar-refractivity contribution in [3.8, 4) is 11.8 Å². The van der Waals surface area contributed by atoms with E-state index in [1.54, 1.807) is 18.4 Å². The molecule has 3 rings (SSSR count). The van der Waals surface area contributed by atoms with Crippen LogP contribution >= 0.6 is 11.6 Å². The molecule has 0 aliphatic heterocycles. The number of benzene rings is 1. The number of esters is 1. The van der Waals surface area contributed by atoms with Crippen molar-refractivity contribution >= 4 is 23.4 Å². The fourth-order valence-corrected chi connectivity index (χ4v) is 4.56. The third-order valence-electron chi connectivity index (χ3n) is 6.29. The topological polar surface area (TPSA) is 81.4 Å². The van der Waals surface area contributed by atoms with Gasteiger partial charge in [0.2, 0.25) is 5.28 Å². The second-order valence-corrected chi connectivity index (χ2v) is 10.00. The maximum Gasteiger partial charge on any atom is 0.308 e. The van der Waals surface area contributed by atoms with Crippen LogP contribution < -0.4 is 0 Å². The highest BCUT2D eigenvalue weighted by molar-refractivity contribution is 6.29. The van der Waals surface area contributed by atoms with E-state index in [1.807, 2.05) is 31.2 Å². The number of aromatic nitrogens is 2. The maximum atomic E-state index is 13.4. The highest BCUT2D eigenvalue weighted by Crippen LogP contribution is 2.33. The van der Waals surface area contributed by atoms with Gasteiger partial charge in [-0.25, -0.2) is 4.98 Å². The molecule has 0 spiro atoms. The molecule has 182 valence electrons. The molecule has 1 fully saturated rings. The number of halogens is 1. The molecule has 6 nitrogen and oxygen atoms in total. The third-order valence-corrected chi connectivity index (χ3v) is 6.58. The summed E-state index contributed by atoms with van der Waals surface area (Å²) in [6.07, 6.45) is 4.48. The summed E-state index contributed by atoms with van der Waals surface area (Å²) >= 11 is 6.46. The summed E-state index contributed by atoms with van der Waals surface area (Å²) in [5, 5.41) is 10.2. The number of methoxy groups -OCH3 is 1. The molecule has 1 heterocycles. The van der Waals surface area contributed by atoms with Gasteiger partial charge in [-0.1, -0.05) is 35.7 Å². The van der Waals surface area contributed by atoms with Crippen molar-refractivity contribution in [1.82, 2.24) is 9.55 Å². The first-order chi connectivity index (χ1) is 16.1. The molecule has 0 radical (unpaired) electrons. The second kappa shape index (κ2) is 11.2. The summed E-state index contributed by atoms with van der Waals surface area (Å²) in [7, 11) is 1.43. The standard InChI is InChI=1S/C27H33ClN2O4/c1-18-5-7-20(8-6-18)17-30-24(22(29-26(30)28)15-16-27(2,3)33)23(31)14-11-19-9-12-21(13-10-19)25(32)34-4/h5-8,19,21,33H,9-14,17H2,1-4H3. The highest BCUT2D eigenvalue weighted by Gasteiger charge is 2.28. The van der Waals surface area contributed by atoms with E-state index >= 15 is 0 Å². The van der Waals surface area contributed by atoms with Crippen LogP contribution in [0.15, 0.2) is 24.3 Å². The summed E-state index contributed by atoms with van der Waals surface area (Å²) in [5.74, 6) is 5.76. The Balaban J connectivity index is 1.79. The van der Waals surface area contributed by atoms with Crippen LogP contribution in [0.5, 0.6) is 0 Å².